The van der Waals surface area contributed by atoms with E-state index >= 15 is 0 Å². The molecule has 0 aromatic carbocycles. The normalized spacial score (nSPS) is 22.2. The van der Waals surface area contributed by atoms with Crippen molar-refractivity contribution in [1.29, 1.82) is 0 Å². The zero-order valence-corrected chi connectivity index (χ0v) is 14.0. The van der Waals surface area contributed by atoms with Crippen LogP contribution in [0.15, 0.2) is 18.2 Å². The molecule has 0 spiro atoms. The van der Waals surface area contributed by atoms with Gasteiger partial charge in [-0.2, -0.15) is 4.98 Å². The van der Waals surface area contributed by atoms with E-state index < -0.39 is 0 Å². The Bertz CT molecular complexity index is 572. The number of piperidine rings is 1. The molecule has 2 aliphatic rings. The predicted octanol–water partition coefficient (Wildman–Crippen LogP) is 2.82. The lowest BCUT2D eigenvalue weighted by atomic mass is 9.92. The highest BCUT2D eigenvalue weighted by Gasteiger charge is 2.29. The third-order valence-corrected chi connectivity index (χ3v) is 4.60. The summed E-state index contributed by atoms with van der Waals surface area (Å²) in [5.74, 6) is 1.89. The molecule has 0 unspecified atom stereocenters. The molecule has 0 N–H and O–H groups in total. The summed E-state index contributed by atoms with van der Waals surface area (Å²) < 4.78 is 5.99. The average molecular weight is 315 g/mol. The van der Waals surface area contributed by atoms with Crippen molar-refractivity contribution in [2.24, 2.45) is 5.92 Å². The van der Waals surface area contributed by atoms with Gasteiger partial charge in [0.15, 0.2) is 0 Å². The minimum absolute atomic E-state index is 0.138. The molecular weight excluding hydrogens is 290 g/mol. The van der Waals surface area contributed by atoms with Crippen LogP contribution < -0.4 is 4.74 Å². The summed E-state index contributed by atoms with van der Waals surface area (Å²) in [6.07, 6.45) is 9.12. The van der Waals surface area contributed by atoms with Crippen LogP contribution in [0.5, 0.6) is 5.88 Å². The van der Waals surface area contributed by atoms with Crippen LogP contribution in [0, 0.1) is 19.8 Å². The molecule has 0 saturated carbocycles. The van der Waals surface area contributed by atoms with Crippen LogP contribution in [-0.2, 0) is 4.79 Å². The molecule has 1 atom stereocenters. The third kappa shape index (κ3) is 4.09. The van der Waals surface area contributed by atoms with Gasteiger partial charge in [0.25, 0.3) is 0 Å². The second-order valence-electron chi connectivity index (χ2n) is 6.52. The van der Waals surface area contributed by atoms with E-state index in [1.165, 1.54) is 0 Å². The number of allylic oxidation sites excluding steroid dienone is 2. The number of rotatable bonds is 3. The van der Waals surface area contributed by atoms with Crippen LogP contribution in [0.3, 0.4) is 0 Å². The lowest BCUT2D eigenvalue weighted by Gasteiger charge is -2.34. The van der Waals surface area contributed by atoms with Gasteiger partial charge in [0.1, 0.15) is 11.9 Å². The minimum atomic E-state index is 0.138. The van der Waals surface area contributed by atoms with Crippen molar-refractivity contribution in [1.82, 2.24) is 14.9 Å². The van der Waals surface area contributed by atoms with Gasteiger partial charge >= 0.3 is 0 Å². The molecule has 1 aromatic rings. The van der Waals surface area contributed by atoms with E-state index in [0.717, 1.165) is 56.7 Å². The summed E-state index contributed by atoms with van der Waals surface area (Å²) in [6.45, 7) is 5.39. The van der Waals surface area contributed by atoms with Crippen molar-refractivity contribution in [3.05, 3.63) is 29.7 Å². The summed E-state index contributed by atoms with van der Waals surface area (Å²) in [4.78, 5) is 23.2. The quantitative estimate of drug-likeness (QED) is 0.805. The molecule has 1 aliphatic carbocycles. The molecule has 2 heterocycles. The smallest absolute Gasteiger partial charge is 0.226 e. The monoisotopic (exact) mass is 315 g/mol. The van der Waals surface area contributed by atoms with Crippen LogP contribution in [0.4, 0.5) is 0 Å². The van der Waals surface area contributed by atoms with Crippen molar-refractivity contribution in [2.45, 2.75) is 52.1 Å². The Labute approximate surface area is 137 Å². The average Bonchev–Trinajstić information content (AvgIpc) is 2.55. The molecule has 0 radical (unpaired) electrons. The fourth-order valence-corrected chi connectivity index (χ4v) is 3.38. The van der Waals surface area contributed by atoms with E-state index in [2.05, 4.69) is 22.1 Å². The molecule has 0 bridgehead atoms. The highest BCUT2D eigenvalue weighted by atomic mass is 16.5. The maximum atomic E-state index is 12.5. The Morgan fingerprint density at radius 2 is 1.96 bits per heavy atom. The molecule has 5 nitrogen and oxygen atoms in total. The van der Waals surface area contributed by atoms with Gasteiger partial charge in [0, 0.05) is 43.6 Å². The maximum Gasteiger partial charge on any atom is 0.226 e. The number of hydrogen-bond acceptors (Lipinski definition) is 4. The van der Waals surface area contributed by atoms with Gasteiger partial charge in [0.05, 0.1) is 0 Å². The first-order valence-corrected chi connectivity index (χ1v) is 8.54. The number of carbonyl (C=O) groups is 1. The van der Waals surface area contributed by atoms with E-state index in [1.54, 1.807) is 0 Å². The van der Waals surface area contributed by atoms with Crippen LogP contribution in [-0.4, -0.2) is 40.0 Å². The number of nitrogens with zero attached hydrogens (tertiary/aromatic N) is 3. The number of ether oxygens (including phenoxy) is 1. The van der Waals surface area contributed by atoms with E-state index in [0.29, 0.717) is 11.8 Å². The van der Waals surface area contributed by atoms with Crippen molar-refractivity contribution < 1.29 is 9.53 Å². The SMILES string of the molecule is Cc1cc(OC2CCN(C(=O)[C@@H]3CC=CCC3)CC2)nc(C)n1. The summed E-state index contributed by atoms with van der Waals surface area (Å²) in [6, 6.07) is 1.87. The van der Waals surface area contributed by atoms with Gasteiger partial charge in [0.2, 0.25) is 11.8 Å². The summed E-state index contributed by atoms with van der Waals surface area (Å²) >= 11 is 0. The lowest BCUT2D eigenvalue weighted by Crippen LogP contribution is -2.44. The number of amides is 1. The van der Waals surface area contributed by atoms with Crippen LogP contribution in [0.1, 0.15) is 43.6 Å². The molecule has 1 aliphatic heterocycles. The molecule has 23 heavy (non-hydrogen) atoms. The van der Waals surface area contributed by atoms with Gasteiger partial charge in [-0.05, 0) is 33.1 Å². The zero-order valence-electron chi connectivity index (χ0n) is 14.0. The second-order valence-corrected chi connectivity index (χ2v) is 6.52. The third-order valence-electron chi connectivity index (χ3n) is 4.60. The first kappa shape index (κ1) is 16.0. The fraction of sp³-hybridized carbons (Fsp3) is 0.611. The van der Waals surface area contributed by atoms with Crippen molar-refractivity contribution in [3.63, 3.8) is 0 Å². The van der Waals surface area contributed by atoms with Gasteiger partial charge in [-0.25, -0.2) is 4.98 Å². The highest BCUT2D eigenvalue weighted by Crippen LogP contribution is 2.24. The van der Waals surface area contributed by atoms with Gasteiger partial charge in [-0.1, -0.05) is 12.2 Å². The van der Waals surface area contributed by atoms with Crippen molar-refractivity contribution >= 4 is 5.91 Å². The van der Waals surface area contributed by atoms with Crippen LogP contribution in [0.25, 0.3) is 0 Å². The molecule has 1 amide bonds. The van der Waals surface area contributed by atoms with Crippen LogP contribution >= 0.6 is 0 Å². The maximum absolute atomic E-state index is 12.5. The van der Waals surface area contributed by atoms with Gasteiger partial charge < -0.3 is 9.64 Å². The lowest BCUT2D eigenvalue weighted by molar-refractivity contribution is -0.137. The molecule has 3 rings (SSSR count). The molecule has 1 aromatic heterocycles. The zero-order chi connectivity index (χ0) is 16.2. The van der Waals surface area contributed by atoms with E-state index in [4.69, 9.17) is 4.74 Å². The number of hydrogen-bond donors (Lipinski definition) is 0. The Morgan fingerprint density at radius 3 is 2.61 bits per heavy atom. The topological polar surface area (TPSA) is 55.3 Å². The first-order valence-electron chi connectivity index (χ1n) is 8.54. The van der Waals surface area contributed by atoms with Gasteiger partial charge in [-0.15, -0.1) is 0 Å². The Balaban J connectivity index is 1.52. The number of aromatic nitrogens is 2. The number of carbonyl (C=O) groups excluding carboxylic acids is 1. The first-order chi connectivity index (χ1) is 11.1. The Morgan fingerprint density at radius 1 is 1.17 bits per heavy atom. The number of aryl methyl sites for hydroxylation is 2. The van der Waals surface area contributed by atoms with Crippen molar-refractivity contribution in [3.8, 4) is 5.88 Å². The molecule has 124 valence electrons. The summed E-state index contributed by atoms with van der Waals surface area (Å²) in [7, 11) is 0. The van der Waals surface area contributed by atoms with Crippen LogP contribution in [0.2, 0.25) is 0 Å². The van der Waals surface area contributed by atoms with E-state index in [9.17, 15) is 4.79 Å². The second kappa shape index (κ2) is 7.11. The van der Waals surface area contributed by atoms with E-state index in [1.807, 2.05) is 24.8 Å². The Kier molecular flexibility index (Phi) is 4.94. The predicted molar refractivity (Wildman–Crippen MR) is 88.2 cm³/mol. The van der Waals surface area contributed by atoms with Crippen molar-refractivity contribution in [2.75, 3.05) is 13.1 Å². The van der Waals surface area contributed by atoms with E-state index in [-0.39, 0.29) is 12.0 Å². The van der Waals surface area contributed by atoms with Gasteiger partial charge in [-0.3, -0.25) is 4.79 Å². The standard InChI is InChI=1S/C18H25N3O2/c1-13-12-17(20-14(2)19-13)23-16-8-10-21(11-9-16)18(22)15-6-4-3-5-7-15/h3-4,12,15-16H,5-11H2,1-2H3/t15-/m1/s1. The Hall–Kier alpha value is -1.91. The molecule has 5 heteroatoms. The highest BCUT2D eigenvalue weighted by molar-refractivity contribution is 5.79. The summed E-state index contributed by atoms with van der Waals surface area (Å²) in [5.41, 5.74) is 0.922. The fourth-order valence-electron chi connectivity index (χ4n) is 3.38. The molecule has 1 saturated heterocycles. The minimum Gasteiger partial charge on any atom is -0.474 e. The summed E-state index contributed by atoms with van der Waals surface area (Å²) in [5, 5.41) is 0. The molecular formula is C18H25N3O2. The largest absolute Gasteiger partial charge is 0.474 e. The number of likely N-dealkylation sites (tertiary alicyclic amines) is 1. The molecule has 1 fully saturated rings.